The van der Waals surface area contributed by atoms with Crippen molar-refractivity contribution in [1.82, 2.24) is 10.3 Å². The molecule has 0 radical (unpaired) electrons. The Morgan fingerprint density at radius 3 is 2.67 bits per heavy atom. The number of carboxylic acids is 1. The topological polar surface area (TPSA) is 162 Å². The summed E-state index contributed by atoms with van der Waals surface area (Å²) in [5.41, 5.74) is 8.22. The maximum atomic E-state index is 11.9. The van der Waals surface area contributed by atoms with Crippen LogP contribution in [0.3, 0.4) is 0 Å². The standard InChI is InChI=1S/C14H16N4O6/c1-24-9-3-5-10(16-7-9)12(20)13(21)18-11(14(22)23)4-2-8(19)6-17-15/h3,5-7,11-12,20H,2,4H2,1H3,(H,18,21)(H,22,23). The maximum absolute atomic E-state index is 11.9. The minimum Gasteiger partial charge on any atom is -0.495 e. The highest BCUT2D eigenvalue weighted by molar-refractivity contribution is 6.25. The Morgan fingerprint density at radius 1 is 1.46 bits per heavy atom. The number of hydrogen-bond donors (Lipinski definition) is 3. The van der Waals surface area contributed by atoms with Crippen LogP contribution in [0.25, 0.3) is 5.53 Å². The fourth-order valence-electron chi connectivity index (χ4n) is 1.73. The number of methoxy groups -OCH3 is 1. The van der Waals surface area contributed by atoms with Crippen LogP contribution in [0.15, 0.2) is 18.3 Å². The van der Waals surface area contributed by atoms with E-state index in [-0.39, 0.29) is 18.5 Å². The molecule has 0 aromatic carbocycles. The number of nitrogens with one attached hydrogen (secondary N) is 1. The molecule has 1 aromatic rings. The zero-order chi connectivity index (χ0) is 18.1. The maximum Gasteiger partial charge on any atom is 0.326 e. The van der Waals surface area contributed by atoms with Gasteiger partial charge in [0.15, 0.2) is 6.10 Å². The molecule has 2 unspecified atom stereocenters. The van der Waals surface area contributed by atoms with Crippen LogP contribution in [0, 0.1) is 0 Å². The van der Waals surface area contributed by atoms with Crippen molar-refractivity contribution in [2.75, 3.05) is 7.11 Å². The van der Waals surface area contributed by atoms with Gasteiger partial charge in [0.2, 0.25) is 5.78 Å². The summed E-state index contributed by atoms with van der Waals surface area (Å²) in [5.74, 6) is -2.51. The number of carbonyl (C=O) groups is 3. The highest BCUT2D eigenvalue weighted by Gasteiger charge is 2.26. The molecule has 24 heavy (non-hydrogen) atoms. The number of aliphatic carboxylic acids is 1. The summed E-state index contributed by atoms with van der Waals surface area (Å²) >= 11 is 0. The number of pyridine rings is 1. The molecule has 0 saturated carbocycles. The summed E-state index contributed by atoms with van der Waals surface area (Å²) in [6, 6.07) is 1.46. The van der Waals surface area contributed by atoms with Crippen LogP contribution in [0.1, 0.15) is 24.6 Å². The second-order valence-electron chi connectivity index (χ2n) is 4.67. The van der Waals surface area contributed by atoms with Crippen molar-refractivity contribution in [2.45, 2.75) is 25.0 Å². The van der Waals surface area contributed by atoms with Crippen LogP contribution in [-0.4, -0.2) is 57.0 Å². The van der Waals surface area contributed by atoms with E-state index < -0.39 is 29.8 Å². The van der Waals surface area contributed by atoms with Crippen LogP contribution in [0.4, 0.5) is 0 Å². The Bertz CT molecular complexity index is 654. The molecular weight excluding hydrogens is 320 g/mol. The zero-order valence-corrected chi connectivity index (χ0v) is 12.7. The number of aliphatic hydroxyl groups is 1. The Labute approximate surface area is 136 Å². The van der Waals surface area contributed by atoms with E-state index in [1.165, 1.54) is 25.4 Å². The van der Waals surface area contributed by atoms with Gasteiger partial charge in [0.25, 0.3) is 5.91 Å². The Kier molecular flexibility index (Phi) is 7.21. The van der Waals surface area contributed by atoms with Crippen molar-refractivity contribution in [1.29, 1.82) is 0 Å². The molecule has 0 bridgehead atoms. The lowest BCUT2D eigenvalue weighted by atomic mass is 10.1. The number of ether oxygens (including phenoxy) is 1. The average Bonchev–Trinajstić information content (AvgIpc) is 2.57. The van der Waals surface area contributed by atoms with Gasteiger partial charge in [-0.3, -0.25) is 14.6 Å². The van der Waals surface area contributed by atoms with Crippen molar-refractivity contribution in [3.8, 4) is 5.75 Å². The predicted molar refractivity (Wildman–Crippen MR) is 79.2 cm³/mol. The van der Waals surface area contributed by atoms with Gasteiger partial charge in [0, 0.05) is 6.42 Å². The lowest BCUT2D eigenvalue weighted by Gasteiger charge is -2.16. The molecule has 10 nitrogen and oxygen atoms in total. The number of hydrogen-bond acceptors (Lipinski definition) is 6. The molecule has 0 spiro atoms. The van der Waals surface area contributed by atoms with Gasteiger partial charge in [-0.15, -0.1) is 0 Å². The third-order valence-electron chi connectivity index (χ3n) is 3.02. The highest BCUT2D eigenvalue weighted by atomic mass is 16.5. The van der Waals surface area contributed by atoms with Crippen molar-refractivity contribution in [2.24, 2.45) is 0 Å². The SMILES string of the molecule is COc1ccc(C(O)C(=O)NC(CCC(=O)C=[N+]=[N-])C(=O)O)nc1. The van der Waals surface area contributed by atoms with E-state index in [1.54, 1.807) is 0 Å². The van der Waals surface area contributed by atoms with Gasteiger partial charge in [-0.05, 0) is 18.6 Å². The van der Waals surface area contributed by atoms with Crippen molar-refractivity contribution in [3.05, 3.63) is 29.6 Å². The van der Waals surface area contributed by atoms with Gasteiger partial charge in [0.1, 0.15) is 11.8 Å². The first kappa shape index (κ1) is 18.9. The van der Waals surface area contributed by atoms with E-state index in [2.05, 4.69) is 15.1 Å². The number of aliphatic hydroxyl groups excluding tert-OH is 1. The zero-order valence-electron chi connectivity index (χ0n) is 12.7. The Balaban J connectivity index is 2.70. The van der Waals surface area contributed by atoms with Crippen LogP contribution in [-0.2, 0) is 14.4 Å². The van der Waals surface area contributed by atoms with E-state index in [1.807, 2.05) is 0 Å². The van der Waals surface area contributed by atoms with Crippen molar-refractivity contribution < 1.29 is 34.1 Å². The van der Waals surface area contributed by atoms with Gasteiger partial charge in [-0.1, -0.05) is 0 Å². The number of nitrogens with zero attached hydrogens (tertiary/aromatic N) is 3. The molecule has 0 aliphatic carbocycles. The number of ketones is 1. The molecule has 0 fully saturated rings. The molecule has 0 aliphatic rings. The summed E-state index contributed by atoms with van der Waals surface area (Å²) in [7, 11) is 1.43. The quantitative estimate of drug-likeness (QED) is 0.306. The summed E-state index contributed by atoms with van der Waals surface area (Å²) in [4.78, 5) is 40.6. The van der Waals surface area contributed by atoms with E-state index in [4.69, 9.17) is 15.4 Å². The molecular formula is C14H16N4O6. The van der Waals surface area contributed by atoms with E-state index in [9.17, 15) is 19.5 Å². The second kappa shape index (κ2) is 9.13. The molecule has 128 valence electrons. The van der Waals surface area contributed by atoms with E-state index in [0.717, 1.165) is 0 Å². The summed E-state index contributed by atoms with van der Waals surface area (Å²) in [6.45, 7) is 0. The smallest absolute Gasteiger partial charge is 0.326 e. The number of rotatable bonds is 9. The molecule has 0 aliphatic heterocycles. The predicted octanol–water partition coefficient (Wildman–Crippen LogP) is -0.657. The fraction of sp³-hybridized carbons (Fsp3) is 0.357. The highest BCUT2D eigenvalue weighted by Crippen LogP contribution is 2.15. The molecule has 1 aromatic heterocycles. The lowest BCUT2D eigenvalue weighted by Crippen LogP contribution is -2.43. The number of amides is 1. The summed E-state index contributed by atoms with van der Waals surface area (Å²) in [5, 5.41) is 21.1. The van der Waals surface area contributed by atoms with Crippen LogP contribution < -0.4 is 10.1 Å². The minimum atomic E-state index is -1.67. The number of carboxylic acid groups (broad SMARTS) is 1. The largest absolute Gasteiger partial charge is 0.495 e. The van der Waals surface area contributed by atoms with Crippen LogP contribution >= 0.6 is 0 Å². The average molecular weight is 336 g/mol. The van der Waals surface area contributed by atoms with Gasteiger partial charge in [-0.2, -0.15) is 4.79 Å². The molecule has 0 saturated heterocycles. The van der Waals surface area contributed by atoms with Gasteiger partial charge < -0.3 is 25.8 Å². The third-order valence-corrected chi connectivity index (χ3v) is 3.02. The Hall–Kier alpha value is -3.10. The fourth-order valence-corrected chi connectivity index (χ4v) is 1.73. The molecule has 1 rings (SSSR count). The number of Topliss-reactive ketones (excluding diaryl/α,β-unsaturated/α-hetero) is 1. The molecule has 3 N–H and O–H groups in total. The van der Waals surface area contributed by atoms with Crippen molar-refractivity contribution >= 4 is 23.9 Å². The Morgan fingerprint density at radius 2 is 2.17 bits per heavy atom. The summed E-state index contributed by atoms with van der Waals surface area (Å²) < 4.78 is 4.90. The molecule has 1 amide bonds. The van der Waals surface area contributed by atoms with E-state index in [0.29, 0.717) is 12.0 Å². The van der Waals surface area contributed by atoms with Crippen LogP contribution in [0.2, 0.25) is 0 Å². The molecule has 10 heteroatoms. The lowest BCUT2D eigenvalue weighted by molar-refractivity contribution is -0.143. The first-order valence-corrected chi connectivity index (χ1v) is 6.80. The normalized spacial score (nSPS) is 12.4. The first-order valence-electron chi connectivity index (χ1n) is 6.80. The van der Waals surface area contributed by atoms with Crippen molar-refractivity contribution in [3.63, 3.8) is 0 Å². The number of carbonyl (C=O) groups excluding carboxylic acids is 2. The molecule has 2 atom stereocenters. The third kappa shape index (κ3) is 5.59. The van der Waals surface area contributed by atoms with Gasteiger partial charge in [-0.25, -0.2) is 4.79 Å². The molecule has 1 heterocycles. The van der Waals surface area contributed by atoms with Gasteiger partial charge in [0.05, 0.1) is 19.0 Å². The second-order valence-corrected chi connectivity index (χ2v) is 4.67. The minimum absolute atomic E-state index is 0.0147. The summed E-state index contributed by atoms with van der Waals surface area (Å²) in [6.07, 6.45) is -0.218. The monoisotopic (exact) mass is 336 g/mol. The first-order chi connectivity index (χ1) is 11.4. The van der Waals surface area contributed by atoms with E-state index >= 15 is 0 Å². The van der Waals surface area contributed by atoms with Gasteiger partial charge >= 0.3 is 12.2 Å². The number of aromatic nitrogens is 1. The van der Waals surface area contributed by atoms with Crippen LogP contribution in [0.5, 0.6) is 5.75 Å².